The van der Waals surface area contributed by atoms with Gasteiger partial charge in [-0.3, -0.25) is 0 Å². The van der Waals surface area contributed by atoms with Gasteiger partial charge in [0.25, 0.3) is 0 Å². The van der Waals surface area contributed by atoms with E-state index in [1.54, 1.807) is 0 Å². The molecule has 294 valence electrons. The number of aromatic nitrogens is 1. The molecule has 62 heavy (non-hydrogen) atoms. The molecule has 0 amide bonds. The van der Waals surface area contributed by atoms with Crippen LogP contribution in [0, 0.1) is 0 Å². The molecule has 0 bridgehead atoms. The number of rotatable bonds is 9. The van der Waals surface area contributed by atoms with Crippen molar-refractivity contribution in [2.45, 2.75) is 13.5 Å². The Balaban J connectivity index is 0.960. The van der Waals surface area contributed by atoms with Crippen molar-refractivity contribution in [3.05, 3.63) is 237 Å². The molecule has 0 unspecified atom stereocenters. The van der Waals surface area contributed by atoms with E-state index in [1.807, 2.05) is 0 Å². The van der Waals surface area contributed by atoms with E-state index in [1.165, 1.54) is 88.2 Å². The van der Waals surface area contributed by atoms with Crippen molar-refractivity contribution in [2.75, 3.05) is 4.90 Å². The molecule has 1 heterocycles. The van der Waals surface area contributed by atoms with Gasteiger partial charge in [-0.1, -0.05) is 182 Å². The molecular formula is C60H44N2. The van der Waals surface area contributed by atoms with Gasteiger partial charge in [0.15, 0.2) is 0 Å². The molecule has 0 atom stereocenters. The van der Waals surface area contributed by atoms with E-state index in [2.05, 4.69) is 253 Å². The van der Waals surface area contributed by atoms with E-state index in [9.17, 15) is 0 Å². The third-order valence-electron chi connectivity index (χ3n) is 12.4. The zero-order valence-corrected chi connectivity index (χ0v) is 34.6. The topological polar surface area (TPSA) is 8.17 Å². The summed E-state index contributed by atoms with van der Waals surface area (Å²) in [4.78, 5) is 2.37. The van der Waals surface area contributed by atoms with E-state index < -0.39 is 0 Å². The SMILES string of the molecule is CCn1c2ccccc2c2c(-c3cccc(-c4cccc(N(c5ccc(-c6ccccc6)cc5)c5ccc(-c6ccc(-c7cccc8ccccc78)cc6)cc5)c4)c3)cccc21. The normalized spacial score (nSPS) is 11.4. The smallest absolute Gasteiger partial charge is 0.0497 e. The fourth-order valence-corrected chi connectivity index (χ4v) is 9.37. The molecule has 0 saturated heterocycles. The van der Waals surface area contributed by atoms with Crippen molar-refractivity contribution in [3.8, 4) is 55.6 Å². The Bertz CT molecular complexity index is 3350. The Kier molecular flexibility index (Phi) is 9.52. The molecule has 11 rings (SSSR count). The van der Waals surface area contributed by atoms with Gasteiger partial charge in [0.1, 0.15) is 0 Å². The Labute approximate surface area is 363 Å². The molecule has 0 spiro atoms. The van der Waals surface area contributed by atoms with E-state index in [0.29, 0.717) is 0 Å². The first-order valence-corrected chi connectivity index (χ1v) is 21.6. The number of hydrogen-bond acceptors (Lipinski definition) is 1. The second kappa shape index (κ2) is 15.9. The van der Waals surface area contributed by atoms with Gasteiger partial charge in [-0.25, -0.2) is 0 Å². The van der Waals surface area contributed by atoms with Crippen molar-refractivity contribution < 1.29 is 0 Å². The minimum Gasteiger partial charge on any atom is -0.341 e. The lowest BCUT2D eigenvalue weighted by Gasteiger charge is -2.26. The van der Waals surface area contributed by atoms with E-state index in [-0.39, 0.29) is 0 Å². The van der Waals surface area contributed by atoms with Crippen LogP contribution in [0.2, 0.25) is 0 Å². The molecule has 0 aliphatic rings. The van der Waals surface area contributed by atoms with Crippen molar-refractivity contribution >= 4 is 49.6 Å². The summed E-state index contributed by atoms with van der Waals surface area (Å²) >= 11 is 0. The van der Waals surface area contributed by atoms with Gasteiger partial charge < -0.3 is 9.47 Å². The molecule has 0 fully saturated rings. The lowest BCUT2D eigenvalue weighted by molar-refractivity contribution is 0.827. The van der Waals surface area contributed by atoms with Gasteiger partial charge in [0.2, 0.25) is 0 Å². The summed E-state index contributed by atoms with van der Waals surface area (Å²) in [5.41, 5.74) is 17.9. The van der Waals surface area contributed by atoms with Crippen LogP contribution < -0.4 is 4.90 Å². The van der Waals surface area contributed by atoms with Crippen molar-refractivity contribution in [3.63, 3.8) is 0 Å². The second-order valence-corrected chi connectivity index (χ2v) is 16.0. The number of anilines is 3. The van der Waals surface area contributed by atoms with Crippen LogP contribution in [0.15, 0.2) is 237 Å². The summed E-state index contributed by atoms with van der Waals surface area (Å²) in [5, 5.41) is 5.14. The van der Waals surface area contributed by atoms with E-state index in [0.717, 1.165) is 23.6 Å². The second-order valence-electron chi connectivity index (χ2n) is 16.0. The lowest BCUT2D eigenvalue weighted by atomic mass is 9.95. The summed E-state index contributed by atoms with van der Waals surface area (Å²) in [5.74, 6) is 0. The van der Waals surface area contributed by atoms with Crippen LogP contribution in [0.25, 0.3) is 88.2 Å². The maximum atomic E-state index is 2.43. The molecule has 0 aliphatic carbocycles. The number of nitrogens with zero attached hydrogens (tertiary/aromatic N) is 2. The average molecular weight is 793 g/mol. The van der Waals surface area contributed by atoms with Crippen LogP contribution in [0.5, 0.6) is 0 Å². The van der Waals surface area contributed by atoms with Crippen molar-refractivity contribution in [1.82, 2.24) is 4.57 Å². The van der Waals surface area contributed by atoms with Gasteiger partial charge in [0.05, 0.1) is 0 Å². The highest BCUT2D eigenvalue weighted by atomic mass is 15.1. The van der Waals surface area contributed by atoms with Gasteiger partial charge in [-0.05, 0) is 128 Å². The molecule has 0 saturated carbocycles. The largest absolute Gasteiger partial charge is 0.341 e. The third-order valence-corrected chi connectivity index (χ3v) is 12.4. The lowest BCUT2D eigenvalue weighted by Crippen LogP contribution is -2.10. The highest BCUT2D eigenvalue weighted by Gasteiger charge is 2.17. The highest BCUT2D eigenvalue weighted by molar-refractivity contribution is 6.15. The zero-order valence-electron chi connectivity index (χ0n) is 34.6. The van der Waals surface area contributed by atoms with Gasteiger partial charge >= 0.3 is 0 Å². The summed E-state index contributed by atoms with van der Waals surface area (Å²) in [6, 6.07) is 86.2. The molecule has 11 aromatic rings. The van der Waals surface area contributed by atoms with Crippen LogP contribution >= 0.6 is 0 Å². The Morgan fingerprint density at radius 1 is 0.323 bits per heavy atom. The average Bonchev–Trinajstić information content (AvgIpc) is 3.69. The van der Waals surface area contributed by atoms with Gasteiger partial charge in [-0.2, -0.15) is 0 Å². The van der Waals surface area contributed by atoms with Crippen LogP contribution in [0.4, 0.5) is 17.1 Å². The monoisotopic (exact) mass is 792 g/mol. The maximum absolute atomic E-state index is 2.43. The Morgan fingerprint density at radius 2 is 0.806 bits per heavy atom. The molecule has 2 heteroatoms. The highest BCUT2D eigenvalue weighted by Crippen LogP contribution is 2.41. The van der Waals surface area contributed by atoms with Gasteiger partial charge in [0, 0.05) is 45.4 Å². The van der Waals surface area contributed by atoms with Crippen molar-refractivity contribution in [1.29, 1.82) is 0 Å². The number of fused-ring (bicyclic) bond motifs is 4. The van der Waals surface area contributed by atoms with E-state index in [4.69, 9.17) is 0 Å². The summed E-state index contributed by atoms with van der Waals surface area (Å²) in [6.07, 6.45) is 0. The molecule has 0 N–H and O–H groups in total. The quantitative estimate of drug-likeness (QED) is 0.141. The first kappa shape index (κ1) is 37.1. The van der Waals surface area contributed by atoms with Gasteiger partial charge in [-0.15, -0.1) is 0 Å². The number of para-hydroxylation sites is 1. The zero-order chi connectivity index (χ0) is 41.4. The summed E-state index contributed by atoms with van der Waals surface area (Å²) < 4.78 is 2.43. The number of hydrogen-bond donors (Lipinski definition) is 0. The van der Waals surface area contributed by atoms with Crippen molar-refractivity contribution in [2.24, 2.45) is 0 Å². The standard InChI is InChI=1S/C60H44N2/c1-2-61-58-26-9-8-23-57(58)60-56(25-13-27-59(60)61)50-20-10-18-48(40-50)49-19-11-21-53(41-49)62(51-36-32-44(33-37-51)42-14-4-3-5-15-42)52-38-34-45(35-39-52)43-28-30-47(31-29-43)55-24-12-17-46-16-6-7-22-54(46)55/h3-41H,2H2,1H3. The predicted octanol–water partition coefficient (Wildman–Crippen LogP) is 16.8. The summed E-state index contributed by atoms with van der Waals surface area (Å²) in [6.45, 7) is 3.15. The third kappa shape index (κ3) is 6.73. The predicted molar refractivity (Wildman–Crippen MR) is 264 cm³/mol. The first-order chi connectivity index (χ1) is 30.7. The summed E-state index contributed by atoms with van der Waals surface area (Å²) in [7, 11) is 0. The van der Waals surface area contributed by atoms with Crippen LogP contribution in [-0.2, 0) is 6.54 Å². The van der Waals surface area contributed by atoms with E-state index >= 15 is 0 Å². The Morgan fingerprint density at radius 3 is 1.53 bits per heavy atom. The number of aryl methyl sites for hydroxylation is 1. The van der Waals surface area contributed by atoms with Crippen LogP contribution in [0.1, 0.15) is 6.92 Å². The molecular weight excluding hydrogens is 749 g/mol. The molecule has 2 nitrogen and oxygen atoms in total. The minimum absolute atomic E-state index is 0.925. The Hall–Kier alpha value is -7.94. The molecule has 0 radical (unpaired) electrons. The maximum Gasteiger partial charge on any atom is 0.0497 e. The molecule has 1 aromatic heterocycles. The molecule has 10 aromatic carbocycles. The van der Waals surface area contributed by atoms with Crippen LogP contribution in [-0.4, -0.2) is 4.57 Å². The minimum atomic E-state index is 0.925. The fraction of sp³-hybridized carbons (Fsp3) is 0.0333. The molecule has 0 aliphatic heterocycles. The number of benzene rings is 10. The van der Waals surface area contributed by atoms with Crippen LogP contribution in [0.3, 0.4) is 0 Å². The fourth-order valence-electron chi connectivity index (χ4n) is 9.37. The first-order valence-electron chi connectivity index (χ1n) is 21.6.